The average Bonchev–Trinajstić information content (AvgIpc) is 2.76. The lowest BCUT2D eigenvalue weighted by Gasteiger charge is -2.33. The Morgan fingerprint density at radius 3 is 2.89 bits per heavy atom. The number of piperidine rings is 1. The minimum atomic E-state index is -4.16. The van der Waals surface area contributed by atoms with Gasteiger partial charge in [0.2, 0.25) is 0 Å². The third-order valence-electron chi connectivity index (χ3n) is 3.30. The number of hydrogen-bond donors (Lipinski definition) is 1. The molecule has 1 aromatic heterocycles. The number of hydrogen-bond acceptors (Lipinski definition) is 3. The molecule has 1 aromatic rings. The monoisotopic (exact) mass is 293 g/mol. The van der Waals surface area contributed by atoms with Crippen molar-refractivity contribution in [2.75, 3.05) is 13.1 Å². The van der Waals surface area contributed by atoms with Crippen molar-refractivity contribution in [3.8, 4) is 0 Å². The van der Waals surface area contributed by atoms with Crippen molar-refractivity contribution in [2.45, 2.75) is 25.6 Å². The lowest BCUT2D eigenvalue weighted by atomic mass is 9.97. The van der Waals surface area contributed by atoms with Gasteiger partial charge in [-0.1, -0.05) is 0 Å². The molecule has 7 heteroatoms. The zero-order valence-corrected chi connectivity index (χ0v) is 10.9. The topological polar surface area (TPSA) is 40.5 Å². The number of aromatic carboxylic acids is 1. The number of halogens is 3. The van der Waals surface area contributed by atoms with Gasteiger partial charge in [0, 0.05) is 13.1 Å². The molecule has 1 atom stereocenters. The molecule has 0 saturated carbocycles. The highest BCUT2D eigenvalue weighted by molar-refractivity contribution is 7.12. The van der Waals surface area contributed by atoms with Crippen LogP contribution in [-0.4, -0.2) is 35.2 Å². The summed E-state index contributed by atoms with van der Waals surface area (Å²) in [6, 6.07) is 1.67. The van der Waals surface area contributed by atoms with E-state index in [1.807, 2.05) is 0 Å². The molecule has 0 amide bonds. The summed E-state index contributed by atoms with van der Waals surface area (Å²) >= 11 is 1.10. The third-order valence-corrected chi connectivity index (χ3v) is 4.25. The molecule has 0 aromatic carbocycles. The second-order valence-corrected chi connectivity index (χ2v) is 5.61. The molecule has 1 fully saturated rings. The van der Waals surface area contributed by atoms with Crippen LogP contribution in [0.25, 0.3) is 0 Å². The molecule has 1 aliphatic rings. The first-order chi connectivity index (χ1) is 8.88. The van der Waals surface area contributed by atoms with Crippen molar-refractivity contribution < 1.29 is 23.1 Å². The van der Waals surface area contributed by atoms with Gasteiger partial charge in [-0.15, -0.1) is 11.3 Å². The van der Waals surface area contributed by atoms with Crippen LogP contribution in [0.3, 0.4) is 0 Å². The van der Waals surface area contributed by atoms with Crippen molar-refractivity contribution in [1.29, 1.82) is 0 Å². The fourth-order valence-electron chi connectivity index (χ4n) is 2.36. The Labute approximate surface area is 112 Å². The van der Waals surface area contributed by atoms with Gasteiger partial charge >= 0.3 is 12.1 Å². The van der Waals surface area contributed by atoms with Gasteiger partial charge in [-0.25, -0.2) is 4.79 Å². The SMILES string of the molecule is O=C(O)c1sccc1CN1CCCC(C(F)(F)F)C1. The maximum absolute atomic E-state index is 12.7. The van der Waals surface area contributed by atoms with Crippen LogP contribution < -0.4 is 0 Å². The summed E-state index contributed by atoms with van der Waals surface area (Å²) in [6.45, 7) is 0.817. The predicted octanol–water partition coefficient (Wildman–Crippen LogP) is 3.22. The lowest BCUT2D eigenvalue weighted by molar-refractivity contribution is -0.187. The van der Waals surface area contributed by atoms with Crippen molar-refractivity contribution >= 4 is 17.3 Å². The van der Waals surface area contributed by atoms with Crippen LogP contribution in [0.5, 0.6) is 0 Å². The smallest absolute Gasteiger partial charge is 0.393 e. The van der Waals surface area contributed by atoms with E-state index >= 15 is 0 Å². The number of carboxylic acid groups (broad SMARTS) is 1. The van der Waals surface area contributed by atoms with Crippen molar-refractivity contribution in [3.63, 3.8) is 0 Å². The van der Waals surface area contributed by atoms with Crippen LogP contribution in [0, 0.1) is 5.92 Å². The maximum Gasteiger partial charge on any atom is 0.393 e. The summed E-state index contributed by atoms with van der Waals surface area (Å²) in [7, 11) is 0. The van der Waals surface area contributed by atoms with Gasteiger partial charge in [-0.05, 0) is 36.4 Å². The van der Waals surface area contributed by atoms with Crippen molar-refractivity contribution in [3.05, 3.63) is 21.9 Å². The first-order valence-corrected chi connectivity index (χ1v) is 6.84. The molecule has 0 aliphatic carbocycles. The minimum absolute atomic E-state index is 0.0432. The quantitative estimate of drug-likeness (QED) is 0.930. The summed E-state index contributed by atoms with van der Waals surface area (Å²) in [5.74, 6) is -2.32. The van der Waals surface area contributed by atoms with Gasteiger partial charge in [-0.2, -0.15) is 13.2 Å². The lowest BCUT2D eigenvalue weighted by Crippen LogP contribution is -2.41. The zero-order valence-electron chi connectivity index (χ0n) is 10.1. The predicted molar refractivity (Wildman–Crippen MR) is 65.3 cm³/mol. The van der Waals surface area contributed by atoms with Gasteiger partial charge in [-0.3, -0.25) is 4.90 Å². The summed E-state index contributed by atoms with van der Waals surface area (Å²) in [6.07, 6.45) is -3.50. The zero-order chi connectivity index (χ0) is 14.0. The molecule has 106 valence electrons. The normalized spacial score (nSPS) is 21.5. The standard InChI is InChI=1S/C12H14F3NO2S/c13-12(14,15)9-2-1-4-16(7-9)6-8-3-5-19-10(8)11(17)18/h3,5,9H,1-2,4,6-7H2,(H,17,18). The van der Waals surface area contributed by atoms with Gasteiger partial charge in [0.1, 0.15) is 4.88 Å². The Balaban J connectivity index is 2.03. The van der Waals surface area contributed by atoms with E-state index in [1.165, 1.54) is 0 Å². The van der Waals surface area contributed by atoms with Crippen molar-refractivity contribution in [1.82, 2.24) is 4.90 Å². The van der Waals surface area contributed by atoms with Crippen molar-refractivity contribution in [2.24, 2.45) is 5.92 Å². The molecular formula is C12H14F3NO2S. The summed E-state index contributed by atoms with van der Waals surface area (Å²) in [5, 5.41) is 10.6. The number of thiophene rings is 1. The Bertz CT molecular complexity index is 458. The summed E-state index contributed by atoms with van der Waals surface area (Å²) < 4.78 is 38.0. The van der Waals surface area contributed by atoms with Crippen LogP contribution in [-0.2, 0) is 6.54 Å². The molecule has 0 spiro atoms. The number of likely N-dealkylation sites (tertiary alicyclic amines) is 1. The number of nitrogens with zero attached hydrogens (tertiary/aromatic N) is 1. The number of alkyl halides is 3. The Morgan fingerprint density at radius 1 is 1.53 bits per heavy atom. The minimum Gasteiger partial charge on any atom is -0.477 e. The maximum atomic E-state index is 12.7. The van der Waals surface area contributed by atoms with Crippen LogP contribution in [0.2, 0.25) is 0 Å². The molecule has 0 bridgehead atoms. The molecule has 1 aliphatic heterocycles. The highest BCUT2D eigenvalue weighted by Crippen LogP contribution is 2.33. The number of carbonyl (C=O) groups is 1. The van der Waals surface area contributed by atoms with Gasteiger partial charge in [0.15, 0.2) is 0 Å². The molecular weight excluding hydrogens is 279 g/mol. The van der Waals surface area contributed by atoms with E-state index in [-0.39, 0.29) is 24.4 Å². The highest BCUT2D eigenvalue weighted by Gasteiger charge is 2.41. The van der Waals surface area contributed by atoms with Gasteiger partial charge in [0.25, 0.3) is 0 Å². The van der Waals surface area contributed by atoms with E-state index in [2.05, 4.69) is 0 Å². The molecule has 1 unspecified atom stereocenters. The van der Waals surface area contributed by atoms with E-state index in [4.69, 9.17) is 5.11 Å². The second-order valence-electron chi connectivity index (χ2n) is 4.70. The van der Waals surface area contributed by atoms with Crippen LogP contribution in [0.1, 0.15) is 28.1 Å². The molecule has 19 heavy (non-hydrogen) atoms. The molecule has 2 heterocycles. The summed E-state index contributed by atoms with van der Waals surface area (Å²) in [5.41, 5.74) is 0.598. The molecule has 1 N–H and O–H groups in total. The van der Waals surface area contributed by atoms with E-state index in [1.54, 1.807) is 16.3 Å². The van der Waals surface area contributed by atoms with E-state index in [0.29, 0.717) is 18.5 Å². The molecule has 2 rings (SSSR count). The van der Waals surface area contributed by atoms with Crippen LogP contribution in [0.15, 0.2) is 11.4 Å². The largest absolute Gasteiger partial charge is 0.477 e. The average molecular weight is 293 g/mol. The fourth-order valence-corrected chi connectivity index (χ4v) is 3.11. The third kappa shape index (κ3) is 3.48. The van der Waals surface area contributed by atoms with E-state index in [0.717, 1.165) is 11.3 Å². The van der Waals surface area contributed by atoms with Gasteiger partial charge in [0.05, 0.1) is 5.92 Å². The first kappa shape index (κ1) is 14.3. The van der Waals surface area contributed by atoms with E-state index < -0.39 is 18.1 Å². The van der Waals surface area contributed by atoms with E-state index in [9.17, 15) is 18.0 Å². The van der Waals surface area contributed by atoms with Gasteiger partial charge < -0.3 is 5.11 Å². The fraction of sp³-hybridized carbons (Fsp3) is 0.583. The Morgan fingerprint density at radius 2 is 2.26 bits per heavy atom. The molecule has 0 radical (unpaired) electrons. The van der Waals surface area contributed by atoms with Crippen LogP contribution in [0.4, 0.5) is 13.2 Å². The number of carboxylic acids is 1. The van der Waals surface area contributed by atoms with Crippen LogP contribution >= 0.6 is 11.3 Å². The Kier molecular flexibility index (Phi) is 4.15. The molecule has 3 nitrogen and oxygen atoms in total. The Hall–Kier alpha value is -1.08. The highest BCUT2D eigenvalue weighted by atomic mass is 32.1. The number of rotatable bonds is 3. The summed E-state index contributed by atoms with van der Waals surface area (Å²) in [4.78, 5) is 12.9. The first-order valence-electron chi connectivity index (χ1n) is 5.96. The molecule has 1 saturated heterocycles. The second kappa shape index (κ2) is 5.50.